The smallest absolute Gasteiger partial charge is 0.0252 e. The second kappa shape index (κ2) is 3.35. The van der Waals surface area contributed by atoms with E-state index in [0.717, 1.165) is 18.1 Å². The van der Waals surface area contributed by atoms with Gasteiger partial charge >= 0.3 is 0 Å². The van der Waals surface area contributed by atoms with Crippen molar-refractivity contribution >= 4 is 0 Å². The number of rotatable bonds is 1. The lowest BCUT2D eigenvalue weighted by Crippen LogP contribution is -2.57. The summed E-state index contributed by atoms with van der Waals surface area (Å²) < 4.78 is 0. The predicted octanol–water partition coefficient (Wildman–Crippen LogP) is 1.22. The van der Waals surface area contributed by atoms with Gasteiger partial charge in [-0.25, -0.2) is 0 Å². The van der Waals surface area contributed by atoms with Crippen LogP contribution in [0, 0.1) is 0 Å². The Morgan fingerprint density at radius 1 is 1.33 bits per heavy atom. The van der Waals surface area contributed by atoms with Crippen LogP contribution >= 0.6 is 0 Å². The summed E-state index contributed by atoms with van der Waals surface area (Å²) in [5.41, 5.74) is 0. The van der Waals surface area contributed by atoms with Gasteiger partial charge in [0.25, 0.3) is 0 Å². The zero-order chi connectivity index (χ0) is 8.55. The summed E-state index contributed by atoms with van der Waals surface area (Å²) in [6.45, 7) is 7.08. The van der Waals surface area contributed by atoms with Crippen molar-refractivity contribution in [2.45, 2.75) is 51.2 Å². The van der Waals surface area contributed by atoms with Crippen molar-refractivity contribution in [1.82, 2.24) is 10.2 Å². The van der Waals surface area contributed by atoms with Gasteiger partial charge in [-0.15, -0.1) is 0 Å². The summed E-state index contributed by atoms with van der Waals surface area (Å²) in [7, 11) is 0. The Hall–Kier alpha value is -0.0800. The van der Waals surface area contributed by atoms with Gasteiger partial charge in [0.15, 0.2) is 0 Å². The molecule has 0 bridgehead atoms. The fourth-order valence-corrected chi connectivity index (χ4v) is 2.76. The maximum Gasteiger partial charge on any atom is 0.0252 e. The molecule has 2 rings (SSSR count). The molecular formula is C10H20N2. The van der Waals surface area contributed by atoms with Gasteiger partial charge in [-0.3, -0.25) is 4.90 Å². The molecule has 2 fully saturated rings. The van der Waals surface area contributed by atoms with Gasteiger partial charge in [-0.2, -0.15) is 0 Å². The average Bonchev–Trinajstić information content (AvgIpc) is 2.49. The van der Waals surface area contributed by atoms with E-state index in [-0.39, 0.29) is 0 Å². The van der Waals surface area contributed by atoms with Crippen molar-refractivity contribution in [3.63, 3.8) is 0 Å². The largest absolute Gasteiger partial charge is 0.311 e. The molecule has 0 radical (unpaired) electrons. The normalized spacial score (nSPS) is 37.2. The van der Waals surface area contributed by atoms with Gasteiger partial charge in [-0.1, -0.05) is 6.42 Å². The van der Waals surface area contributed by atoms with Crippen LogP contribution in [0.2, 0.25) is 0 Å². The van der Waals surface area contributed by atoms with Crippen molar-refractivity contribution in [3.8, 4) is 0 Å². The fraction of sp³-hybridized carbons (Fsp3) is 1.00. The van der Waals surface area contributed by atoms with Gasteiger partial charge in [0, 0.05) is 31.2 Å². The van der Waals surface area contributed by atoms with Crippen LogP contribution in [0.15, 0.2) is 0 Å². The molecule has 2 heteroatoms. The maximum atomic E-state index is 3.62. The lowest BCUT2D eigenvalue weighted by atomic mass is 10.1. The molecule has 0 aromatic heterocycles. The Morgan fingerprint density at radius 3 is 2.92 bits per heavy atom. The van der Waals surface area contributed by atoms with Crippen LogP contribution in [-0.4, -0.2) is 36.1 Å². The summed E-state index contributed by atoms with van der Waals surface area (Å²) in [6.07, 6.45) is 4.23. The van der Waals surface area contributed by atoms with Crippen LogP contribution < -0.4 is 5.32 Å². The second-order valence-corrected chi connectivity index (χ2v) is 4.39. The highest BCUT2D eigenvalue weighted by molar-refractivity contribution is 4.94. The van der Waals surface area contributed by atoms with E-state index in [9.17, 15) is 0 Å². The second-order valence-electron chi connectivity index (χ2n) is 4.39. The van der Waals surface area contributed by atoms with Crippen LogP contribution in [-0.2, 0) is 0 Å². The molecule has 0 aromatic rings. The Kier molecular flexibility index (Phi) is 2.37. The highest BCUT2D eigenvalue weighted by atomic mass is 15.3. The Bertz CT molecular complexity index is 156. The Morgan fingerprint density at radius 2 is 2.17 bits per heavy atom. The van der Waals surface area contributed by atoms with Gasteiger partial charge < -0.3 is 5.32 Å². The molecule has 1 heterocycles. The van der Waals surface area contributed by atoms with Gasteiger partial charge in [0.1, 0.15) is 0 Å². The minimum absolute atomic E-state index is 0.734. The minimum Gasteiger partial charge on any atom is -0.311 e. The monoisotopic (exact) mass is 168 g/mol. The van der Waals surface area contributed by atoms with Crippen molar-refractivity contribution in [3.05, 3.63) is 0 Å². The lowest BCUT2D eigenvalue weighted by Gasteiger charge is -2.41. The summed E-state index contributed by atoms with van der Waals surface area (Å²) >= 11 is 0. The number of nitrogens with zero attached hydrogens (tertiary/aromatic N) is 1. The number of nitrogens with one attached hydrogen (secondary N) is 1. The zero-order valence-corrected chi connectivity index (χ0v) is 8.21. The van der Waals surface area contributed by atoms with Crippen LogP contribution in [0.3, 0.4) is 0 Å². The SMILES string of the molecule is CC(C)N1CCN[C@H]2CCC[C@H]21. The third kappa shape index (κ3) is 1.38. The van der Waals surface area contributed by atoms with Crippen LogP contribution in [0.1, 0.15) is 33.1 Å². The highest BCUT2D eigenvalue weighted by Crippen LogP contribution is 2.27. The van der Waals surface area contributed by atoms with Crippen molar-refractivity contribution in [2.24, 2.45) is 0 Å². The topological polar surface area (TPSA) is 15.3 Å². The molecule has 70 valence electrons. The third-order valence-electron chi connectivity index (χ3n) is 3.35. The van der Waals surface area contributed by atoms with Crippen molar-refractivity contribution in [2.75, 3.05) is 13.1 Å². The molecule has 0 unspecified atom stereocenters. The van der Waals surface area contributed by atoms with E-state index >= 15 is 0 Å². The summed E-state index contributed by atoms with van der Waals surface area (Å²) in [4.78, 5) is 2.67. The van der Waals surface area contributed by atoms with E-state index in [1.807, 2.05) is 0 Å². The maximum absolute atomic E-state index is 3.62. The zero-order valence-electron chi connectivity index (χ0n) is 8.21. The molecule has 0 spiro atoms. The highest BCUT2D eigenvalue weighted by Gasteiger charge is 2.35. The molecule has 1 N–H and O–H groups in total. The fourth-order valence-electron chi connectivity index (χ4n) is 2.76. The predicted molar refractivity (Wildman–Crippen MR) is 51.3 cm³/mol. The van der Waals surface area contributed by atoms with Crippen LogP contribution in [0.5, 0.6) is 0 Å². The molecule has 1 aliphatic carbocycles. The number of piperazine rings is 1. The quantitative estimate of drug-likeness (QED) is 0.633. The van der Waals surface area contributed by atoms with E-state index in [1.54, 1.807) is 0 Å². The summed E-state index contributed by atoms with van der Waals surface area (Å²) in [6, 6.07) is 2.39. The van der Waals surface area contributed by atoms with E-state index in [1.165, 1.54) is 32.4 Å². The summed E-state index contributed by atoms with van der Waals surface area (Å²) in [5, 5.41) is 3.62. The Labute approximate surface area is 75.3 Å². The number of hydrogen-bond donors (Lipinski definition) is 1. The number of fused-ring (bicyclic) bond motifs is 1. The first kappa shape index (κ1) is 8.52. The van der Waals surface area contributed by atoms with Gasteiger partial charge in [0.05, 0.1) is 0 Å². The molecule has 0 amide bonds. The lowest BCUT2D eigenvalue weighted by molar-refractivity contribution is 0.103. The average molecular weight is 168 g/mol. The molecule has 2 atom stereocenters. The first-order valence-electron chi connectivity index (χ1n) is 5.28. The molecule has 0 aromatic carbocycles. The van der Waals surface area contributed by atoms with Gasteiger partial charge in [-0.05, 0) is 26.7 Å². The molecule has 12 heavy (non-hydrogen) atoms. The first-order chi connectivity index (χ1) is 5.79. The molecule has 1 saturated heterocycles. The molecular weight excluding hydrogens is 148 g/mol. The molecule has 2 nitrogen and oxygen atoms in total. The first-order valence-corrected chi connectivity index (χ1v) is 5.28. The number of hydrogen-bond acceptors (Lipinski definition) is 2. The summed E-state index contributed by atoms with van der Waals surface area (Å²) in [5.74, 6) is 0. The third-order valence-corrected chi connectivity index (χ3v) is 3.35. The van der Waals surface area contributed by atoms with E-state index in [0.29, 0.717) is 0 Å². The van der Waals surface area contributed by atoms with E-state index < -0.39 is 0 Å². The van der Waals surface area contributed by atoms with E-state index in [2.05, 4.69) is 24.1 Å². The molecule has 1 aliphatic heterocycles. The van der Waals surface area contributed by atoms with Crippen molar-refractivity contribution < 1.29 is 0 Å². The molecule has 1 saturated carbocycles. The van der Waals surface area contributed by atoms with Gasteiger partial charge in [0.2, 0.25) is 0 Å². The van der Waals surface area contributed by atoms with Crippen LogP contribution in [0.25, 0.3) is 0 Å². The van der Waals surface area contributed by atoms with E-state index in [4.69, 9.17) is 0 Å². The van der Waals surface area contributed by atoms with Crippen molar-refractivity contribution in [1.29, 1.82) is 0 Å². The van der Waals surface area contributed by atoms with Crippen LogP contribution in [0.4, 0.5) is 0 Å². The Balaban J connectivity index is 2.03. The molecule has 2 aliphatic rings. The standard InChI is InChI=1S/C10H20N2/c1-8(2)12-7-6-11-9-4-3-5-10(9)12/h8-11H,3-7H2,1-2H3/t9-,10+/m0/s1. The minimum atomic E-state index is 0.734.